The summed E-state index contributed by atoms with van der Waals surface area (Å²) in [4.78, 5) is 3.79. The number of hydrogen-bond acceptors (Lipinski definition) is 2. The molecule has 0 saturated heterocycles. The third-order valence-corrected chi connectivity index (χ3v) is 4.40. The van der Waals surface area contributed by atoms with Gasteiger partial charge in [-0.25, -0.2) is 4.98 Å². The zero-order valence-corrected chi connectivity index (χ0v) is 11.0. The molecule has 1 aromatic heterocycles. The monoisotopic (exact) mass is 290 g/mol. The zero-order chi connectivity index (χ0) is 13.7. The van der Waals surface area contributed by atoms with Crippen LogP contribution < -0.4 is 5.32 Å². The van der Waals surface area contributed by atoms with Gasteiger partial charge < -0.3 is 5.32 Å². The largest absolute Gasteiger partial charge is 0.417 e. The van der Waals surface area contributed by atoms with Crippen LogP contribution in [0.2, 0.25) is 5.02 Å². The second-order valence-electron chi connectivity index (χ2n) is 5.54. The molecule has 0 amide bonds. The van der Waals surface area contributed by atoms with E-state index in [2.05, 4.69) is 10.3 Å². The van der Waals surface area contributed by atoms with Crippen molar-refractivity contribution < 1.29 is 13.2 Å². The van der Waals surface area contributed by atoms with Crippen LogP contribution in [-0.2, 0) is 6.18 Å². The van der Waals surface area contributed by atoms with Crippen LogP contribution in [0, 0.1) is 11.3 Å². The summed E-state index contributed by atoms with van der Waals surface area (Å²) in [7, 11) is 0. The van der Waals surface area contributed by atoms with Gasteiger partial charge in [0.2, 0.25) is 0 Å². The Morgan fingerprint density at radius 3 is 2.53 bits per heavy atom. The lowest BCUT2D eigenvalue weighted by atomic mass is 10.0. The molecule has 19 heavy (non-hydrogen) atoms. The first-order chi connectivity index (χ1) is 8.91. The van der Waals surface area contributed by atoms with Crippen LogP contribution >= 0.6 is 11.6 Å². The summed E-state index contributed by atoms with van der Waals surface area (Å²) >= 11 is 5.85. The minimum Gasteiger partial charge on any atom is -0.368 e. The third kappa shape index (κ3) is 2.66. The highest BCUT2D eigenvalue weighted by Gasteiger charge is 2.53. The Kier molecular flexibility index (Phi) is 2.93. The SMILES string of the molecule is FC(F)(F)c1cnc(NCC2(C3CC3)CC2)c(Cl)c1. The molecule has 2 nitrogen and oxygen atoms in total. The molecule has 1 aromatic rings. The molecular formula is C13H14ClF3N2. The third-order valence-electron chi connectivity index (χ3n) is 4.11. The number of nitrogens with zero attached hydrogens (tertiary/aromatic N) is 1. The van der Waals surface area contributed by atoms with Crippen molar-refractivity contribution >= 4 is 17.4 Å². The van der Waals surface area contributed by atoms with Crippen molar-refractivity contribution in [3.05, 3.63) is 22.8 Å². The molecule has 2 saturated carbocycles. The van der Waals surface area contributed by atoms with Crippen LogP contribution in [0.3, 0.4) is 0 Å². The Hall–Kier alpha value is -0.970. The molecule has 2 aliphatic carbocycles. The average molecular weight is 291 g/mol. The Morgan fingerprint density at radius 2 is 2.05 bits per heavy atom. The molecule has 0 aliphatic heterocycles. The molecule has 0 spiro atoms. The van der Waals surface area contributed by atoms with Crippen LogP contribution in [0.25, 0.3) is 0 Å². The second kappa shape index (κ2) is 4.27. The van der Waals surface area contributed by atoms with Crippen molar-refractivity contribution in [1.82, 2.24) is 4.98 Å². The van der Waals surface area contributed by atoms with Crippen LogP contribution in [0.1, 0.15) is 31.2 Å². The van der Waals surface area contributed by atoms with Gasteiger partial charge in [0.25, 0.3) is 0 Å². The Labute approximate surface area is 114 Å². The first kappa shape index (κ1) is 13.0. The molecule has 0 bridgehead atoms. The van der Waals surface area contributed by atoms with E-state index in [0.717, 1.165) is 24.7 Å². The second-order valence-corrected chi connectivity index (χ2v) is 5.95. The number of rotatable bonds is 4. The van der Waals surface area contributed by atoms with Gasteiger partial charge in [-0.05, 0) is 43.1 Å². The van der Waals surface area contributed by atoms with Gasteiger partial charge in [0.1, 0.15) is 5.82 Å². The van der Waals surface area contributed by atoms with Crippen LogP contribution in [0.15, 0.2) is 12.3 Å². The van der Waals surface area contributed by atoms with Gasteiger partial charge in [-0.2, -0.15) is 13.2 Å². The normalized spacial score (nSPS) is 21.3. The fourth-order valence-electron chi connectivity index (χ4n) is 2.57. The lowest BCUT2D eigenvalue weighted by Crippen LogP contribution is -2.18. The molecule has 0 radical (unpaired) electrons. The van der Waals surface area contributed by atoms with E-state index < -0.39 is 11.7 Å². The van der Waals surface area contributed by atoms with Crippen molar-refractivity contribution in [2.75, 3.05) is 11.9 Å². The molecule has 2 aliphatic rings. The maximum absolute atomic E-state index is 12.5. The molecule has 104 valence electrons. The van der Waals surface area contributed by atoms with Gasteiger partial charge in [-0.15, -0.1) is 0 Å². The van der Waals surface area contributed by atoms with Crippen molar-refractivity contribution in [2.24, 2.45) is 11.3 Å². The Balaban J connectivity index is 1.68. The highest BCUT2D eigenvalue weighted by molar-refractivity contribution is 6.32. The standard InChI is InChI=1S/C13H14ClF3N2/c14-10-5-9(13(15,16)17)6-18-11(10)19-7-12(3-4-12)8-1-2-8/h5-6,8H,1-4,7H2,(H,18,19). The minimum absolute atomic E-state index is 0.0291. The number of alkyl halides is 3. The maximum atomic E-state index is 12.5. The fourth-order valence-corrected chi connectivity index (χ4v) is 2.80. The predicted octanol–water partition coefficient (Wildman–Crippen LogP) is 4.36. The first-order valence-corrected chi connectivity index (χ1v) is 6.75. The lowest BCUT2D eigenvalue weighted by molar-refractivity contribution is -0.137. The smallest absolute Gasteiger partial charge is 0.368 e. The molecular weight excluding hydrogens is 277 g/mol. The summed E-state index contributed by atoms with van der Waals surface area (Å²) < 4.78 is 37.4. The molecule has 0 aromatic carbocycles. The molecule has 6 heteroatoms. The fraction of sp³-hybridized carbons (Fsp3) is 0.615. The molecule has 2 fully saturated rings. The van der Waals surface area contributed by atoms with Gasteiger partial charge >= 0.3 is 6.18 Å². The highest BCUT2D eigenvalue weighted by Crippen LogP contribution is 2.61. The summed E-state index contributed by atoms with van der Waals surface area (Å²) in [5.41, 5.74) is -0.459. The van der Waals surface area contributed by atoms with Crippen molar-refractivity contribution in [2.45, 2.75) is 31.9 Å². The molecule has 0 unspecified atom stereocenters. The van der Waals surface area contributed by atoms with E-state index in [9.17, 15) is 13.2 Å². The van der Waals surface area contributed by atoms with Crippen LogP contribution in [0.4, 0.5) is 19.0 Å². The van der Waals surface area contributed by atoms with Gasteiger partial charge in [-0.3, -0.25) is 0 Å². The van der Waals surface area contributed by atoms with E-state index in [-0.39, 0.29) is 5.02 Å². The molecule has 0 atom stereocenters. The van der Waals surface area contributed by atoms with Crippen molar-refractivity contribution in [3.8, 4) is 0 Å². The summed E-state index contributed by atoms with van der Waals surface area (Å²) in [5, 5.41) is 3.13. The Morgan fingerprint density at radius 1 is 1.37 bits per heavy atom. The topological polar surface area (TPSA) is 24.9 Å². The van der Waals surface area contributed by atoms with E-state index in [1.165, 1.54) is 25.7 Å². The number of nitrogens with one attached hydrogen (secondary N) is 1. The maximum Gasteiger partial charge on any atom is 0.417 e. The molecule has 1 heterocycles. The van der Waals surface area contributed by atoms with Gasteiger partial charge in [0.05, 0.1) is 10.6 Å². The van der Waals surface area contributed by atoms with E-state index in [4.69, 9.17) is 11.6 Å². The van der Waals surface area contributed by atoms with Gasteiger partial charge in [-0.1, -0.05) is 11.6 Å². The summed E-state index contributed by atoms with van der Waals surface area (Å²) in [6, 6.07) is 0.924. The number of halogens is 4. The predicted molar refractivity (Wildman–Crippen MR) is 67.1 cm³/mol. The van der Waals surface area contributed by atoms with Crippen LogP contribution in [-0.4, -0.2) is 11.5 Å². The van der Waals surface area contributed by atoms with Crippen LogP contribution in [0.5, 0.6) is 0 Å². The van der Waals surface area contributed by atoms with Gasteiger partial charge in [0, 0.05) is 12.7 Å². The highest BCUT2D eigenvalue weighted by atomic mass is 35.5. The summed E-state index contributed by atoms with van der Waals surface area (Å²) in [5.74, 6) is 1.13. The Bertz CT molecular complexity index is 493. The zero-order valence-electron chi connectivity index (χ0n) is 10.2. The molecule has 1 N–H and O–H groups in total. The van der Waals surface area contributed by atoms with E-state index in [1.54, 1.807) is 0 Å². The molecule has 3 rings (SSSR count). The summed E-state index contributed by atoms with van der Waals surface area (Å²) in [6.45, 7) is 0.760. The quantitative estimate of drug-likeness (QED) is 0.891. The van der Waals surface area contributed by atoms with E-state index >= 15 is 0 Å². The van der Waals surface area contributed by atoms with E-state index in [1.807, 2.05) is 0 Å². The number of aromatic nitrogens is 1. The lowest BCUT2D eigenvalue weighted by Gasteiger charge is -2.16. The van der Waals surface area contributed by atoms with Gasteiger partial charge in [0.15, 0.2) is 0 Å². The van der Waals surface area contributed by atoms with Crippen molar-refractivity contribution in [1.29, 1.82) is 0 Å². The summed E-state index contributed by atoms with van der Waals surface area (Å²) in [6.07, 6.45) is 1.36. The first-order valence-electron chi connectivity index (χ1n) is 6.37. The number of pyridine rings is 1. The van der Waals surface area contributed by atoms with Crippen molar-refractivity contribution in [3.63, 3.8) is 0 Å². The van der Waals surface area contributed by atoms with E-state index in [0.29, 0.717) is 11.2 Å². The average Bonchev–Trinajstić information content (AvgIpc) is 3.18. The number of anilines is 1. The number of hydrogen-bond donors (Lipinski definition) is 1. The minimum atomic E-state index is -4.40.